The maximum absolute atomic E-state index is 5.58. The average Bonchev–Trinajstić information content (AvgIpc) is 3.10. The molecule has 1 heterocycles. The molecule has 6 heteroatoms. The van der Waals surface area contributed by atoms with Gasteiger partial charge in [0.2, 0.25) is 0 Å². The standard InChI is InChI=1S/C12H29N3.C6H11N3.4CH4/c1-3-8-14-9-5-6-11-15(10-4-2)12-7-13;7-2-1-4-9-5-3-8-6-9;;;;/h14H,3-13H2,1-2H3;3,5-6H,1-2,4,7H2;4*1H4. The Hall–Kier alpha value is -0.950. The molecule has 174 valence electrons. The molecule has 0 aliphatic heterocycles. The molecule has 5 N–H and O–H groups in total. The molecule has 1 aromatic heterocycles. The van der Waals surface area contributed by atoms with E-state index in [1.807, 2.05) is 10.8 Å². The number of aryl methyl sites for hydroxylation is 1. The second kappa shape index (κ2) is 30.8. The zero-order valence-electron chi connectivity index (χ0n) is 15.9. The zero-order valence-corrected chi connectivity index (χ0v) is 15.9. The number of hydrogen-bond donors (Lipinski definition) is 3. The van der Waals surface area contributed by atoms with Crippen molar-refractivity contribution in [2.24, 2.45) is 11.5 Å². The third-order valence-corrected chi connectivity index (χ3v) is 3.67. The summed E-state index contributed by atoms with van der Waals surface area (Å²) in [6, 6.07) is 0. The highest BCUT2D eigenvalue weighted by Gasteiger charge is 2.01. The molecule has 0 aliphatic carbocycles. The molecule has 0 saturated carbocycles. The fraction of sp³-hybridized carbons (Fsp3) is 0.864. The molecule has 0 radical (unpaired) electrons. The van der Waals surface area contributed by atoms with Crippen LogP contribution in [-0.2, 0) is 6.54 Å². The topological polar surface area (TPSA) is 85.1 Å². The van der Waals surface area contributed by atoms with Gasteiger partial charge in [0.25, 0.3) is 0 Å². The molecule has 0 unspecified atom stereocenters. The molecule has 0 fully saturated rings. The fourth-order valence-corrected chi connectivity index (χ4v) is 2.41. The molecule has 0 aliphatic rings. The van der Waals surface area contributed by atoms with Crippen molar-refractivity contribution < 1.29 is 0 Å². The summed E-state index contributed by atoms with van der Waals surface area (Å²) in [7, 11) is 0. The highest BCUT2D eigenvalue weighted by molar-refractivity contribution is 4.73. The van der Waals surface area contributed by atoms with Gasteiger partial charge in [-0.15, -0.1) is 0 Å². The Morgan fingerprint density at radius 1 is 0.857 bits per heavy atom. The van der Waals surface area contributed by atoms with E-state index in [1.54, 1.807) is 12.5 Å². The molecular formula is C22H56N6. The summed E-state index contributed by atoms with van der Waals surface area (Å²) in [6.45, 7) is 12.7. The minimum absolute atomic E-state index is 0. The molecule has 0 amide bonds. The van der Waals surface area contributed by atoms with Crippen LogP contribution in [0.25, 0.3) is 0 Å². The van der Waals surface area contributed by atoms with Crippen LogP contribution in [0.3, 0.4) is 0 Å². The van der Waals surface area contributed by atoms with Gasteiger partial charge >= 0.3 is 0 Å². The number of aromatic nitrogens is 2. The first-order valence-corrected chi connectivity index (χ1v) is 9.57. The quantitative estimate of drug-likeness (QED) is 0.404. The summed E-state index contributed by atoms with van der Waals surface area (Å²) in [6.07, 6.45) is 11.6. The summed E-state index contributed by atoms with van der Waals surface area (Å²) in [5, 5.41) is 3.43. The van der Waals surface area contributed by atoms with Crippen molar-refractivity contribution in [2.75, 3.05) is 45.8 Å². The molecule has 28 heavy (non-hydrogen) atoms. The lowest BCUT2D eigenvalue weighted by molar-refractivity contribution is 0.275. The maximum atomic E-state index is 5.58. The number of nitrogens with zero attached hydrogens (tertiary/aromatic N) is 3. The zero-order chi connectivity index (χ0) is 17.9. The van der Waals surface area contributed by atoms with E-state index in [9.17, 15) is 0 Å². The van der Waals surface area contributed by atoms with E-state index in [0.717, 1.165) is 45.7 Å². The molecule has 0 aromatic carbocycles. The second-order valence-corrected chi connectivity index (χ2v) is 6.03. The lowest BCUT2D eigenvalue weighted by Gasteiger charge is -2.20. The number of unbranched alkanes of at least 4 members (excludes halogenated alkanes) is 1. The van der Waals surface area contributed by atoms with E-state index >= 15 is 0 Å². The SMILES string of the molecule is C.C.C.C.CCCNCCCCN(CCC)CCN.NCCCn1ccnc1. The number of rotatable bonds is 14. The largest absolute Gasteiger partial charge is 0.337 e. The average molecular weight is 405 g/mol. The van der Waals surface area contributed by atoms with Crippen LogP contribution >= 0.6 is 0 Å². The third kappa shape index (κ3) is 25.1. The summed E-state index contributed by atoms with van der Waals surface area (Å²) in [5.74, 6) is 0. The van der Waals surface area contributed by atoms with Crippen LogP contribution < -0.4 is 16.8 Å². The minimum atomic E-state index is 0. The third-order valence-electron chi connectivity index (χ3n) is 3.67. The van der Waals surface area contributed by atoms with E-state index in [2.05, 4.69) is 29.0 Å². The first kappa shape index (κ1) is 37.8. The van der Waals surface area contributed by atoms with Crippen molar-refractivity contribution in [1.82, 2.24) is 19.8 Å². The van der Waals surface area contributed by atoms with Crippen molar-refractivity contribution in [3.63, 3.8) is 0 Å². The van der Waals surface area contributed by atoms with Crippen molar-refractivity contribution >= 4 is 0 Å². The lowest BCUT2D eigenvalue weighted by Crippen LogP contribution is -2.31. The monoisotopic (exact) mass is 404 g/mol. The molecule has 6 nitrogen and oxygen atoms in total. The van der Waals surface area contributed by atoms with Crippen LogP contribution in [0.5, 0.6) is 0 Å². The van der Waals surface area contributed by atoms with Gasteiger partial charge in [0.05, 0.1) is 6.33 Å². The van der Waals surface area contributed by atoms with Gasteiger partial charge in [0, 0.05) is 32.0 Å². The number of hydrogen-bond acceptors (Lipinski definition) is 5. The van der Waals surface area contributed by atoms with E-state index in [0.29, 0.717) is 0 Å². The predicted molar refractivity (Wildman–Crippen MR) is 131 cm³/mol. The summed E-state index contributed by atoms with van der Waals surface area (Å²) in [4.78, 5) is 6.37. The van der Waals surface area contributed by atoms with E-state index < -0.39 is 0 Å². The summed E-state index contributed by atoms with van der Waals surface area (Å²) in [5.41, 5.74) is 10.9. The molecular weight excluding hydrogens is 348 g/mol. The Balaban J connectivity index is -0.000000119. The smallest absolute Gasteiger partial charge is 0.0945 e. The molecule has 1 aromatic rings. The fourth-order valence-electron chi connectivity index (χ4n) is 2.41. The molecule has 0 saturated heterocycles. The normalized spacial score (nSPS) is 9.18. The van der Waals surface area contributed by atoms with Crippen molar-refractivity contribution in [2.45, 2.75) is 82.2 Å². The van der Waals surface area contributed by atoms with Crippen LogP contribution in [0.2, 0.25) is 0 Å². The Morgan fingerprint density at radius 3 is 2.07 bits per heavy atom. The van der Waals surface area contributed by atoms with Gasteiger partial charge in [0.15, 0.2) is 0 Å². The number of nitrogens with two attached hydrogens (primary N) is 2. The highest BCUT2D eigenvalue weighted by Crippen LogP contribution is 1.96. The van der Waals surface area contributed by atoms with Crippen LogP contribution in [0.15, 0.2) is 18.7 Å². The van der Waals surface area contributed by atoms with Gasteiger partial charge in [-0.1, -0.05) is 43.6 Å². The Labute approximate surface area is 178 Å². The van der Waals surface area contributed by atoms with Gasteiger partial charge in [-0.05, 0) is 64.8 Å². The summed E-state index contributed by atoms with van der Waals surface area (Å²) >= 11 is 0. The number of imidazole rings is 1. The molecule has 0 atom stereocenters. The van der Waals surface area contributed by atoms with Gasteiger partial charge in [-0.3, -0.25) is 0 Å². The van der Waals surface area contributed by atoms with Crippen LogP contribution in [0, 0.1) is 0 Å². The van der Waals surface area contributed by atoms with Gasteiger partial charge in [0.1, 0.15) is 0 Å². The van der Waals surface area contributed by atoms with Crippen molar-refractivity contribution in [3.05, 3.63) is 18.7 Å². The van der Waals surface area contributed by atoms with Crippen molar-refractivity contribution in [1.29, 1.82) is 0 Å². The minimum Gasteiger partial charge on any atom is -0.337 e. The molecule has 0 spiro atoms. The van der Waals surface area contributed by atoms with Crippen molar-refractivity contribution in [3.8, 4) is 0 Å². The highest BCUT2D eigenvalue weighted by atomic mass is 15.1. The van der Waals surface area contributed by atoms with Crippen LogP contribution in [-0.4, -0.2) is 60.3 Å². The van der Waals surface area contributed by atoms with Crippen LogP contribution in [0.1, 0.15) is 75.7 Å². The lowest BCUT2D eigenvalue weighted by atomic mass is 10.2. The van der Waals surface area contributed by atoms with E-state index in [4.69, 9.17) is 11.5 Å². The van der Waals surface area contributed by atoms with E-state index in [-0.39, 0.29) is 29.7 Å². The summed E-state index contributed by atoms with van der Waals surface area (Å²) < 4.78 is 2.02. The van der Waals surface area contributed by atoms with Crippen LogP contribution in [0.4, 0.5) is 0 Å². The Morgan fingerprint density at radius 2 is 1.57 bits per heavy atom. The van der Waals surface area contributed by atoms with E-state index in [1.165, 1.54) is 38.8 Å². The Kier molecular flexibility index (Phi) is 41.5. The first-order chi connectivity index (χ1) is 11.8. The van der Waals surface area contributed by atoms with Gasteiger partial charge < -0.3 is 26.3 Å². The Bertz CT molecular complexity index is 324. The van der Waals surface area contributed by atoms with Gasteiger partial charge in [-0.25, -0.2) is 4.98 Å². The second-order valence-electron chi connectivity index (χ2n) is 6.03. The molecule has 0 bridgehead atoms. The first-order valence-electron chi connectivity index (χ1n) is 9.57. The number of nitrogens with one attached hydrogen (secondary N) is 1. The van der Waals surface area contributed by atoms with Gasteiger partial charge in [-0.2, -0.15) is 0 Å². The molecule has 1 rings (SSSR count). The maximum Gasteiger partial charge on any atom is 0.0945 e. The predicted octanol–water partition coefficient (Wildman–Crippen LogP) is 4.21.